The van der Waals surface area contributed by atoms with Gasteiger partial charge in [0.15, 0.2) is 5.96 Å². The molecule has 1 heterocycles. The van der Waals surface area contributed by atoms with E-state index in [4.69, 9.17) is 14.5 Å². The molecule has 0 aromatic rings. The van der Waals surface area contributed by atoms with Crippen molar-refractivity contribution >= 4 is 15.8 Å². The van der Waals surface area contributed by atoms with Crippen LogP contribution in [0.5, 0.6) is 0 Å². The summed E-state index contributed by atoms with van der Waals surface area (Å²) in [7, 11) is -2.97. The van der Waals surface area contributed by atoms with Gasteiger partial charge in [-0.05, 0) is 12.8 Å². The average molecular weight is 421 g/mol. The van der Waals surface area contributed by atoms with Crippen LogP contribution in [0.2, 0.25) is 0 Å². The minimum atomic E-state index is -2.97. The van der Waals surface area contributed by atoms with E-state index in [-0.39, 0.29) is 12.4 Å². The van der Waals surface area contributed by atoms with Crippen LogP contribution in [-0.4, -0.2) is 96.5 Å². The molecule has 1 saturated heterocycles. The van der Waals surface area contributed by atoms with Crippen LogP contribution >= 0.6 is 0 Å². The summed E-state index contributed by atoms with van der Waals surface area (Å²) < 4.78 is 33.1. The molecule has 0 amide bonds. The summed E-state index contributed by atoms with van der Waals surface area (Å²) >= 11 is 0. The van der Waals surface area contributed by atoms with Crippen molar-refractivity contribution in [1.29, 1.82) is 0 Å². The topological polar surface area (TPSA) is 92.3 Å². The number of ether oxygens (including phenoxy) is 2. The summed E-state index contributed by atoms with van der Waals surface area (Å²) in [5.74, 6) is 1.44. The van der Waals surface area contributed by atoms with E-state index in [0.717, 1.165) is 58.2 Å². The van der Waals surface area contributed by atoms with E-state index in [0.29, 0.717) is 25.1 Å². The first kappa shape index (κ1) is 25.1. The first-order valence-corrected chi connectivity index (χ1v) is 12.6. The number of sulfone groups is 1. The molecule has 2 N–H and O–H groups in total. The number of hydrogen-bond acceptors (Lipinski definition) is 6. The van der Waals surface area contributed by atoms with Gasteiger partial charge >= 0.3 is 0 Å². The fourth-order valence-corrected chi connectivity index (χ4v) is 3.81. The number of nitrogens with one attached hydrogen (secondary N) is 2. The Morgan fingerprint density at radius 3 is 2.39 bits per heavy atom. The smallest absolute Gasteiger partial charge is 0.191 e. The molecule has 9 heteroatoms. The Bertz CT molecular complexity index is 532. The van der Waals surface area contributed by atoms with E-state index in [1.807, 2.05) is 6.92 Å². The van der Waals surface area contributed by atoms with Crippen LogP contribution in [0.4, 0.5) is 0 Å². The second kappa shape index (κ2) is 14.1. The quantitative estimate of drug-likeness (QED) is 0.258. The molecule has 0 aliphatic carbocycles. The Morgan fingerprint density at radius 1 is 1.14 bits per heavy atom. The highest BCUT2D eigenvalue weighted by Crippen LogP contribution is 2.20. The molecule has 1 rings (SSSR count). The maximum absolute atomic E-state index is 11.1. The molecule has 0 bridgehead atoms. The number of hydrogen-bond donors (Lipinski definition) is 2. The van der Waals surface area contributed by atoms with E-state index >= 15 is 0 Å². The van der Waals surface area contributed by atoms with Crippen LogP contribution in [0.1, 0.15) is 33.6 Å². The van der Waals surface area contributed by atoms with E-state index in [2.05, 4.69) is 29.4 Å². The van der Waals surface area contributed by atoms with Crippen LogP contribution in [-0.2, 0) is 19.3 Å². The number of nitrogens with zero attached hydrogens (tertiary/aromatic N) is 2. The van der Waals surface area contributed by atoms with E-state index in [9.17, 15) is 8.42 Å². The summed E-state index contributed by atoms with van der Waals surface area (Å²) in [5, 5.41) is 6.55. The molecule has 28 heavy (non-hydrogen) atoms. The predicted octanol–water partition coefficient (Wildman–Crippen LogP) is 0.740. The largest absolute Gasteiger partial charge is 0.379 e. The monoisotopic (exact) mass is 420 g/mol. The average Bonchev–Trinajstić information content (AvgIpc) is 2.67. The van der Waals surface area contributed by atoms with Crippen molar-refractivity contribution in [2.45, 2.75) is 39.7 Å². The van der Waals surface area contributed by atoms with Gasteiger partial charge in [0.05, 0.1) is 38.7 Å². The minimum Gasteiger partial charge on any atom is -0.379 e. The summed E-state index contributed by atoms with van der Waals surface area (Å²) in [6.45, 7) is 12.9. The molecule has 0 radical (unpaired) electrons. The van der Waals surface area contributed by atoms with Gasteiger partial charge in [-0.3, -0.25) is 9.89 Å². The van der Waals surface area contributed by atoms with Gasteiger partial charge in [-0.2, -0.15) is 0 Å². The van der Waals surface area contributed by atoms with Crippen LogP contribution in [0, 0.1) is 5.92 Å². The fourth-order valence-electron chi connectivity index (χ4n) is 3.39. The third-order valence-electron chi connectivity index (χ3n) is 5.03. The van der Waals surface area contributed by atoms with Gasteiger partial charge in [0.2, 0.25) is 0 Å². The van der Waals surface area contributed by atoms with Crippen molar-refractivity contribution in [3.8, 4) is 0 Å². The first-order valence-electron chi connectivity index (χ1n) is 10.5. The first-order chi connectivity index (χ1) is 13.4. The van der Waals surface area contributed by atoms with Gasteiger partial charge in [-0.25, -0.2) is 8.42 Å². The van der Waals surface area contributed by atoms with E-state index in [1.54, 1.807) is 0 Å². The lowest BCUT2D eigenvalue weighted by atomic mass is 9.92. The van der Waals surface area contributed by atoms with Crippen LogP contribution < -0.4 is 10.6 Å². The van der Waals surface area contributed by atoms with Gasteiger partial charge in [0, 0.05) is 38.5 Å². The molecule has 1 aliphatic rings. The maximum Gasteiger partial charge on any atom is 0.191 e. The van der Waals surface area contributed by atoms with Crippen LogP contribution in [0.25, 0.3) is 0 Å². The Balaban J connectivity index is 2.55. The highest BCUT2D eigenvalue weighted by molar-refractivity contribution is 7.90. The van der Waals surface area contributed by atoms with Crippen LogP contribution in [0.15, 0.2) is 4.99 Å². The zero-order chi connectivity index (χ0) is 20.8. The van der Waals surface area contributed by atoms with Gasteiger partial charge < -0.3 is 20.1 Å². The minimum absolute atomic E-state index is 0.0534. The highest BCUT2D eigenvalue weighted by Gasteiger charge is 2.26. The molecule has 166 valence electrons. The van der Waals surface area contributed by atoms with Crippen LogP contribution in [0.3, 0.4) is 0 Å². The predicted molar refractivity (Wildman–Crippen MR) is 115 cm³/mol. The summed E-state index contributed by atoms with van der Waals surface area (Å²) in [5.41, 5.74) is 0. The molecular weight excluding hydrogens is 380 g/mol. The molecule has 0 saturated carbocycles. The molecule has 0 spiro atoms. The van der Waals surface area contributed by atoms with Crippen molar-refractivity contribution in [2.24, 2.45) is 10.9 Å². The van der Waals surface area contributed by atoms with Crippen molar-refractivity contribution in [1.82, 2.24) is 15.5 Å². The van der Waals surface area contributed by atoms with Crippen molar-refractivity contribution in [3.05, 3.63) is 0 Å². The third kappa shape index (κ3) is 10.6. The SMILES string of the molecule is CCNC(=NCC(C(CC)CC)N1CCOCC1)NCCOCCS(C)(=O)=O. The third-order valence-corrected chi connectivity index (χ3v) is 5.93. The van der Waals surface area contributed by atoms with Crippen molar-refractivity contribution in [3.63, 3.8) is 0 Å². The highest BCUT2D eigenvalue weighted by atomic mass is 32.2. The number of morpholine rings is 1. The van der Waals surface area contributed by atoms with Gasteiger partial charge in [0.25, 0.3) is 0 Å². The summed E-state index contributed by atoms with van der Waals surface area (Å²) in [4.78, 5) is 7.34. The van der Waals surface area contributed by atoms with E-state index < -0.39 is 9.84 Å². The van der Waals surface area contributed by atoms with Crippen molar-refractivity contribution < 1.29 is 17.9 Å². The maximum atomic E-state index is 11.1. The Hall–Kier alpha value is -0.900. The standard InChI is InChI=1S/C19H40N4O4S/c1-5-17(6-2)18(23-9-12-27-13-10-23)16-22-19(20-7-3)21-8-11-26-14-15-28(4,24)25/h17-18H,5-16H2,1-4H3,(H2,20,21,22). The molecule has 0 aromatic heterocycles. The molecule has 8 nitrogen and oxygen atoms in total. The Labute approximate surface area is 171 Å². The molecule has 0 aromatic carbocycles. The lowest BCUT2D eigenvalue weighted by Crippen LogP contribution is -2.49. The molecule has 1 atom stereocenters. The molecule has 1 unspecified atom stereocenters. The summed E-state index contributed by atoms with van der Waals surface area (Å²) in [6.07, 6.45) is 3.51. The zero-order valence-electron chi connectivity index (χ0n) is 18.1. The fraction of sp³-hybridized carbons (Fsp3) is 0.947. The Morgan fingerprint density at radius 2 is 1.82 bits per heavy atom. The second-order valence-corrected chi connectivity index (χ2v) is 9.44. The number of guanidine groups is 1. The lowest BCUT2D eigenvalue weighted by Gasteiger charge is -2.38. The number of rotatable bonds is 13. The molecular formula is C19H40N4O4S. The van der Waals surface area contributed by atoms with Gasteiger partial charge in [-0.1, -0.05) is 26.7 Å². The number of aliphatic imine (C=N–C) groups is 1. The van der Waals surface area contributed by atoms with Gasteiger partial charge in [-0.15, -0.1) is 0 Å². The Kier molecular flexibility index (Phi) is 12.7. The molecule has 1 aliphatic heterocycles. The van der Waals surface area contributed by atoms with E-state index in [1.165, 1.54) is 6.26 Å². The normalized spacial score (nSPS) is 17.7. The summed E-state index contributed by atoms with van der Waals surface area (Å²) in [6, 6.07) is 0.417. The van der Waals surface area contributed by atoms with Gasteiger partial charge in [0.1, 0.15) is 9.84 Å². The second-order valence-electron chi connectivity index (χ2n) is 7.18. The zero-order valence-corrected chi connectivity index (χ0v) is 18.9. The molecule has 1 fully saturated rings. The van der Waals surface area contributed by atoms with Crippen molar-refractivity contribution in [2.75, 3.05) is 71.2 Å². The lowest BCUT2D eigenvalue weighted by molar-refractivity contribution is 0.00395.